The van der Waals surface area contributed by atoms with Crippen LogP contribution in [0, 0.1) is 0 Å². The number of nitrogens with zero attached hydrogens (tertiary/aromatic N) is 1. The standard InChI is InChI=1S/C29H32N2O5/c1-28(2,3)36-27(33)31-17-18-35-29(31,26(32)34-20-22-9-5-4-6-10-22)25(30)16-14-21-13-15-23-11-7-8-12-24(23)19-21/h4-13,15,17-19,25H,14,16,20,30H2,1-3H3. The molecule has 1 aliphatic rings. The number of esters is 1. The van der Waals surface area contributed by atoms with Crippen molar-refractivity contribution in [2.24, 2.45) is 5.73 Å². The maximum absolute atomic E-state index is 13.5. The smallest absolute Gasteiger partial charge is 0.418 e. The third-order valence-corrected chi connectivity index (χ3v) is 5.97. The van der Waals surface area contributed by atoms with E-state index in [0.717, 1.165) is 26.8 Å². The minimum Gasteiger partial charge on any atom is -0.461 e. The zero-order valence-corrected chi connectivity index (χ0v) is 20.8. The van der Waals surface area contributed by atoms with E-state index < -0.39 is 29.4 Å². The highest BCUT2D eigenvalue weighted by Gasteiger charge is 2.57. The van der Waals surface area contributed by atoms with E-state index in [4.69, 9.17) is 19.9 Å². The molecule has 2 N–H and O–H groups in total. The Kier molecular flexibility index (Phi) is 7.31. The van der Waals surface area contributed by atoms with Crippen LogP contribution in [0.2, 0.25) is 0 Å². The van der Waals surface area contributed by atoms with Gasteiger partial charge in [0.05, 0.1) is 6.04 Å². The van der Waals surface area contributed by atoms with Gasteiger partial charge in [-0.2, -0.15) is 0 Å². The first-order valence-corrected chi connectivity index (χ1v) is 12.0. The van der Waals surface area contributed by atoms with Crippen molar-refractivity contribution in [3.05, 3.63) is 96.4 Å². The molecule has 0 saturated heterocycles. The molecular weight excluding hydrogens is 456 g/mol. The van der Waals surface area contributed by atoms with Crippen molar-refractivity contribution in [2.75, 3.05) is 0 Å². The first-order chi connectivity index (χ1) is 17.2. The number of amides is 1. The minimum absolute atomic E-state index is 0.0182. The summed E-state index contributed by atoms with van der Waals surface area (Å²) >= 11 is 0. The molecule has 4 rings (SSSR count). The van der Waals surface area contributed by atoms with E-state index in [1.807, 2.05) is 48.5 Å². The fourth-order valence-electron chi connectivity index (χ4n) is 4.17. The molecule has 188 valence electrons. The molecule has 0 aliphatic carbocycles. The second kappa shape index (κ2) is 10.4. The monoisotopic (exact) mass is 488 g/mol. The third kappa shape index (κ3) is 5.52. The lowest BCUT2D eigenvalue weighted by molar-refractivity contribution is -0.183. The highest BCUT2D eigenvalue weighted by molar-refractivity contribution is 5.87. The maximum Gasteiger partial charge on any atom is 0.418 e. The molecule has 1 aliphatic heterocycles. The lowest BCUT2D eigenvalue weighted by Crippen LogP contribution is -2.65. The van der Waals surface area contributed by atoms with E-state index in [0.29, 0.717) is 12.8 Å². The van der Waals surface area contributed by atoms with E-state index in [1.165, 1.54) is 12.5 Å². The molecule has 0 spiro atoms. The number of rotatable bonds is 7. The van der Waals surface area contributed by atoms with Crippen molar-refractivity contribution in [3.8, 4) is 0 Å². The number of fused-ring (bicyclic) bond motifs is 1. The van der Waals surface area contributed by atoms with Crippen LogP contribution in [0.5, 0.6) is 0 Å². The molecule has 0 radical (unpaired) electrons. The third-order valence-electron chi connectivity index (χ3n) is 5.97. The van der Waals surface area contributed by atoms with Gasteiger partial charge in [0, 0.05) is 6.20 Å². The summed E-state index contributed by atoms with van der Waals surface area (Å²) < 4.78 is 17.0. The first-order valence-electron chi connectivity index (χ1n) is 12.0. The van der Waals surface area contributed by atoms with Crippen molar-refractivity contribution in [2.45, 2.75) is 57.6 Å². The zero-order chi connectivity index (χ0) is 25.8. The Morgan fingerprint density at radius 1 is 0.972 bits per heavy atom. The van der Waals surface area contributed by atoms with Crippen LogP contribution in [0.25, 0.3) is 10.8 Å². The number of hydrogen-bond donors (Lipinski definition) is 1. The molecule has 0 fully saturated rings. The van der Waals surface area contributed by atoms with Gasteiger partial charge in [-0.15, -0.1) is 0 Å². The molecule has 7 nitrogen and oxygen atoms in total. The second-order valence-corrected chi connectivity index (χ2v) is 9.84. The topological polar surface area (TPSA) is 91.1 Å². The summed E-state index contributed by atoms with van der Waals surface area (Å²) in [4.78, 5) is 27.7. The van der Waals surface area contributed by atoms with Crippen LogP contribution in [-0.4, -0.2) is 34.3 Å². The van der Waals surface area contributed by atoms with Crippen LogP contribution in [0.1, 0.15) is 38.3 Å². The molecule has 0 aromatic heterocycles. The Morgan fingerprint density at radius 2 is 1.67 bits per heavy atom. The van der Waals surface area contributed by atoms with Gasteiger partial charge in [-0.1, -0.05) is 72.8 Å². The van der Waals surface area contributed by atoms with Gasteiger partial charge in [-0.25, -0.2) is 14.5 Å². The van der Waals surface area contributed by atoms with Crippen molar-refractivity contribution < 1.29 is 23.8 Å². The molecule has 2 atom stereocenters. The van der Waals surface area contributed by atoms with Gasteiger partial charge in [0.15, 0.2) is 0 Å². The van der Waals surface area contributed by atoms with Crippen molar-refractivity contribution in [1.29, 1.82) is 0 Å². The lowest BCUT2D eigenvalue weighted by atomic mass is 9.95. The predicted molar refractivity (Wildman–Crippen MR) is 138 cm³/mol. The van der Waals surface area contributed by atoms with Gasteiger partial charge in [-0.05, 0) is 55.5 Å². The van der Waals surface area contributed by atoms with Gasteiger partial charge in [0.1, 0.15) is 18.5 Å². The largest absolute Gasteiger partial charge is 0.461 e. The van der Waals surface area contributed by atoms with Crippen LogP contribution in [0.3, 0.4) is 0 Å². The molecule has 2 unspecified atom stereocenters. The second-order valence-electron chi connectivity index (χ2n) is 9.84. The van der Waals surface area contributed by atoms with Gasteiger partial charge >= 0.3 is 17.8 Å². The maximum atomic E-state index is 13.5. The predicted octanol–water partition coefficient (Wildman–Crippen LogP) is 5.28. The number of aryl methyl sites for hydroxylation is 1. The Labute approximate surface area is 211 Å². The fourth-order valence-corrected chi connectivity index (χ4v) is 4.17. The van der Waals surface area contributed by atoms with Crippen LogP contribution < -0.4 is 5.73 Å². The van der Waals surface area contributed by atoms with E-state index in [2.05, 4.69) is 24.3 Å². The van der Waals surface area contributed by atoms with Gasteiger partial charge in [-0.3, -0.25) is 0 Å². The number of carbonyl (C=O) groups is 2. The summed E-state index contributed by atoms with van der Waals surface area (Å²) in [5, 5.41) is 2.26. The number of nitrogens with two attached hydrogens (primary N) is 1. The van der Waals surface area contributed by atoms with Crippen LogP contribution >= 0.6 is 0 Å². The Hall–Kier alpha value is -3.84. The summed E-state index contributed by atoms with van der Waals surface area (Å²) in [6, 6.07) is 22.7. The van der Waals surface area contributed by atoms with Crippen molar-refractivity contribution in [3.63, 3.8) is 0 Å². The fraction of sp³-hybridized carbons (Fsp3) is 0.310. The Morgan fingerprint density at radius 3 is 2.39 bits per heavy atom. The van der Waals surface area contributed by atoms with Crippen LogP contribution in [-0.2, 0) is 32.0 Å². The molecule has 0 bridgehead atoms. The molecule has 1 amide bonds. The average Bonchev–Trinajstić information content (AvgIpc) is 3.32. The Balaban J connectivity index is 1.57. The quantitative estimate of drug-likeness (QED) is 0.455. The lowest BCUT2D eigenvalue weighted by Gasteiger charge is -2.38. The molecule has 1 heterocycles. The minimum atomic E-state index is -1.88. The average molecular weight is 489 g/mol. The number of hydrogen-bond acceptors (Lipinski definition) is 6. The molecule has 0 saturated carbocycles. The van der Waals surface area contributed by atoms with E-state index in [-0.39, 0.29) is 6.61 Å². The number of carbonyl (C=O) groups excluding carboxylic acids is 2. The summed E-state index contributed by atoms with van der Waals surface area (Å²) in [7, 11) is 0. The Bertz CT molecular complexity index is 1250. The summed E-state index contributed by atoms with van der Waals surface area (Å²) in [5.74, 6) is -0.756. The highest BCUT2D eigenvalue weighted by atomic mass is 16.6. The summed E-state index contributed by atoms with van der Waals surface area (Å²) in [5.41, 5.74) is 5.83. The van der Waals surface area contributed by atoms with Crippen molar-refractivity contribution >= 4 is 22.8 Å². The van der Waals surface area contributed by atoms with Crippen molar-refractivity contribution in [1.82, 2.24) is 4.90 Å². The molecule has 3 aromatic carbocycles. The summed E-state index contributed by atoms with van der Waals surface area (Å²) in [6.07, 6.45) is 2.84. The molecular formula is C29H32N2O5. The van der Waals surface area contributed by atoms with Crippen LogP contribution in [0.15, 0.2) is 85.3 Å². The number of ether oxygens (including phenoxy) is 3. The van der Waals surface area contributed by atoms with Gasteiger partial charge in [0.2, 0.25) is 0 Å². The van der Waals surface area contributed by atoms with Gasteiger partial charge < -0.3 is 19.9 Å². The van der Waals surface area contributed by atoms with Gasteiger partial charge in [0.25, 0.3) is 0 Å². The highest BCUT2D eigenvalue weighted by Crippen LogP contribution is 2.33. The first kappa shape index (κ1) is 25.3. The van der Waals surface area contributed by atoms with E-state index in [1.54, 1.807) is 20.8 Å². The molecule has 7 heteroatoms. The molecule has 36 heavy (non-hydrogen) atoms. The SMILES string of the molecule is CC(C)(C)OC(=O)N1C=COC1(C(=O)OCc1ccccc1)C(N)CCc1ccc2ccccc2c1. The van der Waals surface area contributed by atoms with Crippen LogP contribution in [0.4, 0.5) is 4.79 Å². The van der Waals surface area contributed by atoms with E-state index in [9.17, 15) is 9.59 Å². The summed E-state index contributed by atoms with van der Waals surface area (Å²) in [6.45, 7) is 5.27. The van der Waals surface area contributed by atoms with E-state index >= 15 is 0 Å². The normalized spacial score (nSPS) is 18.1. The zero-order valence-electron chi connectivity index (χ0n) is 20.8. The molecule has 3 aromatic rings. The number of benzene rings is 3.